The third-order valence-corrected chi connectivity index (χ3v) is 8.89. The Balaban J connectivity index is 1.83. The van der Waals surface area contributed by atoms with E-state index in [1.807, 2.05) is 42.5 Å². The number of hydrogen-bond acceptors (Lipinski definition) is 2. The van der Waals surface area contributed by atoms with Crippen LogP contribution in [-0.4, -0.2) is 42.4 Å². The van der Waals surface area contributed by atoms with E-state index in [4.69, 9.17) is 0 Å². The molecule has 1 amide bonds. The molecule has 0 aliphatic heterocycles. The highest BCUT2D eigenvalue weighted by molar-refractivity contribution is 6.05. The lowest BCUT2D eigenvalue weighted by Crippen LogP contribution is -2.49. The fourth-order valence-corrected chi connectivity index (χ4v) is 5.91. The Labute approximate surface area is 251 Å². The number of ketones is 1. The van der Waals surface area contributed by atoms with E-state index in [0.717, 1.165) is 65.8 Å². The van der Waals surface area contributed by atoms with Crippen LogP contribution < -0.4 is 5.32 Å². The standard InChI is InChI=1S/C37H58N2O2/c1-5-9-11-13-14-15-17-22-32-23-18-19-24-35(32)37(41)38-34-28-26-33(27-29-34)36(40)25-21-31-39(7-3,8-4)30-20-16-12-10-6-2/h18-19,23-24,26-29H,5-17,20-22,25,30-31H2,1-4H3/p+1. The quantitative estimate of drug-likeness (QED) is 0.0830. The topological polar surface area (TPSA) is 46.2 Å². The molecule has 0 spiro atoms. The Hall–Kier alpha value is -2.46. The van der Waals surface area contributed by atoms with Gasteiger partial charge in [-0.2, -0.15) is 0 Å². The van der Waals surface area contributed by atoms with E-state index >= 15 is 0 Å². The number of nitrogens with zero attached hydrogens (tertiary/aromatic N) is 1. The van der Waals surface area contributed by atoms with Gasteiger partial charge in [0.25, 0.3) is 5.91 Å². The number of amides is 1. The van der Waals surface area contributed by atoms with Crippen molar-refractivity contribution < 1.29 is 14.1 Å². The number of nitrogens with one attached hydrogen (secondary N) is 1. The molecule has 4 nitrogen and oxygen atoms in total. The summed E-state index contributed by atoms with van der Waals surface area (Å²) in [4.78, 5) is 26.0. The van der Waals surface area contributed by atoms with E-state index in [0.29, 0.717) is 6.42 Å². The average Bonchev–Trinajstić information content (AvgIpc) is 3.00. The summed E-state index contributed by atoms with van der Waals surface area (Å²) in [5.74, 6) is 0.113. The van der Waals surface area contributed by atoms with Crippen LogP contribution in [0.4, 0.5) is 5.69 Å². The molecule has 0 radical (unpaired) electrons. The summed E-state index contributed by atoms with van der Waals surface area (Å²) in [7, 11) is 0. The summed E-state index contributed by atoms with van der Waals surface area (Å²) < 4.78 is 1.12. The molecule has 1 N–H and O–H groups in total. The highest BCUT2D eigenvalue weighted by atomic mass is 16.1. The lowest BCUT2D eigenvalue weighted by molar-refractivity contribution is -0.925. The van der Waals surface area contributed by atoms with E-state index in [1.54, 1.807) is 0 Å². The summed E-state index contributed by atoms with van der Waals surface area (Å²) in [5, 5.41) is 3.05. The summed E-state index contributed by atoms with van der Waals surface area (Å²) in [6, 6.07) is 15.4. The third kappa shape index (κ3) is 12.9. The molecule has 2 aromatic rings. The molecule has 0 aliphatic rings. The molecule has 0 saturated heterocycles. The largest absolute Gasteiger partial charge is 0.324 e. The van der Waals surface area contributed by atoms with Crippen molar-refractivity contribution in [1.29, 1.82) is 0 Å². The van der Waals surface area contributed by atoms with Crippen LogP contribution in [0, 0.1) is 0 Å². The first-order valence-corrected chi connectivity index (χ1v) is 16.9. The minimum Gasteiger partial charge on any atom is -0.324 e. The molecule has 0 aliphatic carbocycles. The van der Waals surface area contributed by atoms with Crippen molar-refractivity contribution in [3.63, 3.8) is 0 Å². The minimum atomic E-state index is -0.0782. The Bertz CT molecular complexity index is 994. The van der Waals surface area contributed by atoms with Crippen molar-refractivity contribution in [2.75, 3.05) is 31.5 Å². The summed E-state index contributed by atoms with van der Waals surface area (Å²) >= 11 is 0. The average molecular weight is 564 g/mol. The summed E-state index contributed by atoms with van der Waals surface area (Å²) in [6.07, 6.45) is 17.8. The lowest BCUT2D eigenvalue weighted by Gasteiger charge is -2.37. The lowest BCUT2D eigenvalue weighted by atomic mass is 9.99. The molecule has 0 heterocycles. The van der Waals surface area contributed by atoms with Crippen LogP contribution in [0.15, 0.2) is 48.5 Å². The number of anilines is 1. The fraction of sp³-hybridized carbons (Fsp3) is 0.622. The number of Topliss-reactive ketones (excluding diaryl/α,β-unsaturated/α-hetero) is 1. The molecule has 4 heteroatoms. The van der Waals surface area contributed by atoms with Crippen LogP contribution in [0.3, 0.4) is 0 Å². The number of carbonyl (C=O) groups is 2. The van der Waals surface area contributed by atoms with Crippen molar-refractivity contribution in [1.82, 2.24) is 0 Å². The smallest absolute Gasteiger partial charge is 0.255 e. The molecule has 2 rings (SSSR count). The number of aryl methyl sites for hydroxylation is 1. The van der Waals surface area contributed by atoms with E-state index in [-0.39, 0.29) is 11.7 Å². The first-order chi connectivity index (χ1) is 20.0. The predicted molar refractivity (Wildman–Crippen MR) is 176 cm³/mol. The molecule has 41 heavy (non-hydrogen) atoms. The van der Waals surface area contributed by atoms with E-state index in [2.05, 4.69) is 39.1 Å². The first-order valence-electron chi connectivity index (χ1n) is 16.9. The van der Waals surface area contributed by atoms with Crippen molar-refractivity contribution in [2.24, 2.45) is 0 Å². The minimum absolute atomic E-state index is 0.0782. The molecule has 0 aromatic heterocycles. The summed E-state index contributed by atoms with van der Waals surface area (Å²) in [6.45, 7) is 13.6. The maximum Gasteiger partial charge on any atom is 0.255 e. The molecular weight excluding hydrogens is 504 g/mol. The number of rotatable bonds is 23. The van der Waals surface area contributed by atoms with Crippen LogP contribution in [-0.2, 0) is 6.42 Å². The van der Waals surface area contributed by atoms with Crippen molar-refractivity contribution in [3.8, 4) is 0 Å². The summed E-state index contributed by atoms with van der Waals surface area (Å²) in [5.41, 5.74) is 3.32. The van der Waals surface area contributed by atoms with Gasteiger partial charge in [0.1, 0.15) is 0 Å². The maximum absolute atomic E-state index is 13.1. The molecule has 0 fully saturated rings. The Morgan fingerprint density at radius 3 is 1.83 bits per heavy atom. The molecule has 228 valence electrons. The van der Waals surface area contributed by atoms with Crippen LogP contribution in [0.2, 0.25) is 0 Å². The number of hydrogen-bond donors (Lipinski definition) is 1. The second kappa shape index (κ2) is 20.4. The van der Waals surface area contributed by atoms with Gasteiger partial charge in [-0.1, -0.05) is 89.8 Å². The van der Waals surface area contributed by atoms with Gasteiger partial charge in [0.15, 0.2) is 5.78 Å². The fourth-order valence-electron chi connectivity index (χ4n) is 5.91. The van der Waals surface area contributed by atoms with Gasteiger partial charge < -0.3 is 9.80 Å². The molecule has 0 bridgehead atoms. The van der Waals surface area contributed by atoms with E-state index in [1.165, 1.54) is 77.2 Å². The zero-order valence-electron chi connectivity index (χ0n) is 26.8. The van der Waals surface area contributed by atoms with Gasteiger partial charge in [-0.25, -0.2) is 0 Å². The molecular formula is C37H59N2O2+. The highest BCUT2D eigenvalue weighted by Gasteiger charge is 2.23. The second-order valence-corrected chi connectivity index (χ2v) is 11.9. The van der Waals surface area contributed by atoms with Crippen molar-refractivity contribution in [3.05, 3.63) is 65.2 Å². The third-order valence-electron chi connectivity index (χ3n) is 8.89. The highest BCUT2D eigenvalue weighted by Crippen LogP contribution is 2.19. The Kier molecular flexibility index (Phi) is 17.3. The Morgan fingerprint density at radius 2 is 1.20 bits per heavy atom. The van der Waals surface area contributed by atoms with Gasteiger partial charge in [0.2, 0.25) is 0 Å². The zero-order chi connectivity index (χ0) is 29.8. The molecule has 0 atom stereocenters. The number of benzene rings is 2. The second-order valence-electron chi connectivity index (χ2n) is 11.9. The van der Waals surface area contributed by atoms with Crippen LogP contribution in [0.5, 0.6) is 0 Å². The van der Waals surface area contributed by atoms with Gasteiger partial charge in [-0.3, -0.25) is 9.59 Å². The monoisotopic (exact) mass is 563 g/mol. The molecule has 2 aromatic carbocycles. The van der Waals surface area contributed by atoms with Gasteiger partial charge in [-0.15, -0.1) is 0 Å². The van der Waals surface area contributed by atoms with Gasteiger partial charge in [-0.05, 0) is 75.4 Å². The number of unbranched alkanes of at least 4 members (excludes halogenated alkanes) is 10. The first kappa shape index (κ1) is 34.7. The maximum atomic E-state index is 13.1. The van der Waals surface area contributed by atoms with Crippen molar-refractivity contribution in [2.45, 2.75) is 124 Å². The normalized spacial score (nSPS) is 11.5. The van der Waals surface area contributed by atoms with Crippen LogP contribution >= 0.6 is 0 Å². The van der Waals surface area contributed by atoms with Gasteiger partial charge in [0, 0.05) is 29.7 Å². The SMILES string of the molecule is CCCCCCCCCc1ccccc1C(=O)Nc1ccc(C(=O)CCC[N+](CC)(CC)CCCCCCC)cc1. The van der Waals surface area contributed by atoms with E-state index < -0.39 is 0 Å². The number of quaternary nitrogens is 1. The number of carbonyl (C=O) groups excluding carboxylic acids is 2. The molecule has 0 unspecified atom stereocenters. The van der Waals surface area contributed by atoms with Crippen molar-refractivity contribution >= 4 is 17.4 Å². The van der Waals surface area contributed by atoms with E-state index in [9.17, 15) is 9.59 Å². The van der Waals surface area contributed by atoms with Gasteiger partial charge >= 0.3 is 0 Å². The Morgan fingerprint density at radius 1 is 0.634 bits per heavy atom. The van der Waals surface area contributed by atoms with Crippen LogP contribution in [0.1, 0.15) is 144 Å². The molecule has 0 saturated carbocycles. The predicted octanol–water partition coefficient (Wildman–Crippen LogP) is 10.0. The zero-order valence-corrected chi connectivity index (χ0v) is 26.8. The van der Waals surface area contributed by atoms with Crippen LogP contribution in [0.25, 0.3) is 0 Å². The van der Waals surface area contributed by atoms with Gasteiger partial charge in [0.05, 0.1) is 26.2 Å².